The van der Waals surface area contributed by atoms with Gasteiger partial charge in [0.2, 0.25) is 0 Å². The molecule has 142 valence electrons. The van der Waals surface area contributed by atoms with E-state index < -0.39 is 0 Å². The number of rotatable bonds is 4. The number of halogens is 1. The Bertz CT molecular complexity index is 959. The zero-order chi connectivity index (χ0) is 19.7. The number of nitrogens with zero attached hydrogens (tertiary/aromatic N) is 3. The molecule has 1 aliphatic heterocycles. The Morgan fingerprint density at radius 2 is 1.93 bits per heavy atom. The Hall–Kier alpha value is -1.54. The molecule has 1 aliphatic rings. The van der Waals surface area contributed by atoms with Gasteiger partial charge in [0.1, 0.15) is 0 Å². The lowest BCUT2D eigenvalue weighted by atomic mass is 10.2. The number of amides is 1. The summed E-state index contributed by atoms with van der Waals surface area (Å²) in [6, 6.07) is 8.64. The van der Waals surface area contributed by atoms with Crippen LogP contribution in [0.3, 0.4) is 0 Å². The van der Waals surface area contributed by atoms with Gasteiger partial charge >= 0.3 is 0 Å². The van der Waals surface area contributed by atoms with E-state index in [0.717, 1.165) is 32.7 Å². The number of aromatic nitrogens is 1. The van der Waals surface area contributed by atoms with Gasteiger partial charge in [-0.2, -0.15) is 0 Å². The molecular formula is C21H24IN3OS. The summed E-state index contributed by atoms with van der Waals surface area (Å²) in [4.78, 5) is 19.7. The zero-order valence-corrected chi connectivity index (χ0v) is 19.3. The lowest BCUT2D eigenvalue weighted by molar-refractivity contribution is -0.122. The number of aryl methyl sites for hydroxylation is 2. The molecule has 0 aliphatic carbocycles. The monoisotopic (exact) mass is 493 g/mol. The van der Waals surface area contributed by atoms with Crippen molar-refractivity contribution in [1.29, 1.82) is 0 Å². The lowest BCUT2D eigenvalue weighted by Gasteiger charge is -2.11. The minimum Gasteiger partial charge on any atom is -0.318 e. The molecule has 2 aromatic rings. The maximum absolute atomic E-state index is 12.7. The average Bonchev–Trinajstić information content (AvgIpc) is 3.07. The molecule has 1 fully saturated rings. The Balaban J connectivity index is 2.02. The number of hydrogen-bond acceptors (Lipinski definition) is 3. The summed E-state index contributed by atoms with van der Waals surface area (Å²) in [5.41, 5.74) is 5.79. The van der Waals surface area contributed by atoms with E-state index in [0.29, 0.717) is 13.1 Å². The van der Waals surface area contributed by atoms with Crippen LogP contribution in [0.2, 0.25) is 0 Å². The van der Waals surface area contributed by atoms with Crippen molar-refractivity contribution in [1.82, 2.24) is 9.47 Å². The standard InChI is InChI=1S/C21H24IN3OS/c1-6-23-21-24(7-2)20(26)19(27-21)12-16-11-14(4)25(15(16)5)17-8-9-18(22)13(3)10-17/h8-12H,6-7H2,1-5H3/b19-12-,23-21?. The van der Waals surface area contributed by atoms with E-state index >= 15 is 0 Å². The number of aliphatic imine (C=N–C) groups is 1. The predicted molar refractivity (Wildman–Crippen MR) is 124 cm³/mol. The number of amidine groups is 1. The van der Waals surface area contributed by atoms with Gasteiger partial charge in [0.15, 0.2) is 5.17 Å². The van der Waals surface area contributed by atoms with Crippen molar-refractivity contribution in [3.63, 3.8) is 0 Å². The molecule has 6 heteroatoms. The summed E-state index contributed by atoms with van der Waals surface area (Å²) in [5.74, 6) is 0.0459. The van der Waals surface area contributed by atoms with Gasteiger partial charge < -0.3 is 4.57 Å². The molecule has 0 saturated carbocycles. The maximum atomic E-state index is 12.7. The highest BCUT2D eigenvalue weighted by atomic mass is 127. The van der Waals surface area contributed by atoms with Crippen LogP contribution in [-0.4, -0.2) is 33.6 Å². The van der Waals surface area contributed by atoms with Crippen molar-refractivity contribution in [2.75, 3.05) is 13.1 Å². The predicted octanol–water partition coefficient (Wildman–Crippen LogP) is 5.32. The Labute approximate surface area is 178 Å². The number of hydrogen-bond donors (Lipinski definition) is 0. The molecule has 0 atom stereocenters. The van der Waals surface area contributed by atoms with Crippen molar-refractivity contribution >= 4 is 51.5 Å². The van der Waals surface area contributed by atoms with Gasteiger partial charge in [0.25, 0.3) is 5.91 Å². The van der Waals surface area contributed by atoms with Crippen LogP contribution >= 0.6 is 34.4 Å². The first-order chi connectivity index (χ1) is 12.9. The van der Waals surface area contributed by atoms with Crippen LogP contribution in [0.1, 0.15) is 36.4 Å². The van der Waals surface area contributed by atoms with E-state index in [-0.39, 0.29) is 5.91 Å². The van der Waals surface area contributed by atoms with Gasteiger partial charge in [0, 0.05) is 33.7 Å². The van der Waals surface area contributed by atoms with E-state index in [9.17, 15) is 4.79 Å². The van der Waals surface area contributed by atoms with Crippen molar-refractivity contribution < 1.29 is 4.79 Å². The Kier molecular flexibility index (Phi) is 6.15. The summed E-state index contributed by atoms with van der Waals surface area (Å²) in [7, 11) is 0. The van der Waals surface area contributed by atoms with Gasteiger partial charge in [-0.1, -0.05) is 0 Å². The minimum absolute atomic E-state index is 0.0459. The molecule has 1 amide bonds. The summed E-state index contributed by atoms with van der Waals surface area (Å²) in [6.45, 7) is 11.6. The zero-order valence-electron chi connectivity index (χ0n) is 16.3. The minimum atomic E-state index is 0.0459. The van der Waals surface area contributed by atoms with Gasteiger partial charge in [-0.3, -0.25) is 14.7 Å². The SMILES string of the molecule is CCN=C1S/C(=C\c2cc(C)n(-c3ccc(I)c(C)c3)c2C)C(=O)N1CC. The van der Waals surface area contributed by atoms with Crippen molar-refractivity contribution in [2.45, 2.75) is 34.6 Å². The van der Waals surface area contributed by atoms with Crippen molar-refractivity contribution in [2.24, 2.45) is 4.99 Å². The molecule has 1 aromatic carbocycles. The lowest BCUT2D eigenvalue weighted by Crippen LogP contribution is -2.28. The van der Waals surface area contributed by atoms with E-state index in [2.05, 4.69) is 77.2 Å². The van der Waals surface area contributed by atoms with Gasteiger partial charge in [-0.25, -0.2) is 0 Å². The second-order valence-corrected chi connectivity index (χ2v) is 8.68. The summed E-state index contributed by atoms with van der Waals surface area (Å²) in [5, 5.41) is 0.804. The van der Waals surface area contributed by atoms with E-state index in [1.54, 1.807) is 4.90 Å². The fraction of sp³-hybridized carbons (Fsp3) is 0.333. The first-order valence-electron chi connectivity index (χ1n) is 9.08. The summed E-state index contributed by atoms with van der Waals surface area (Å²) >= 11 is 3.83. The van der Waals surface area contributed by atoms with E-state index in [4.69, 9.17) is 0 Å². The fourth-order valence-corrected chi connectivity index (χ4v) is 4.71. The van der Waals surface area contributed by atoms with Crippen LogP contribution in [0.25, 0.3) is 11.8 Å². The summed E-state index contributed by atoms with van der Waals surface area (Å²) < 4.78 is 3.51. The molecule has 0 bridgehead atoms. The third-order valence-corrected chi connectivity index (χ3v) is 6.91. The molecule has 2 heterocycles. The molecule has 1 aromatic heterocycles. The van der Waals surface area contributed by atoms with Gasteiger partial charge in [0.05, 0.1) is 4.91 Å². The Morgan fingerprint density at radius 1 is 1.19 bits per heavy atom. The molecule has 0 spiro atoms. The topological polar surface area (TPSA) is 37.6 Å². The third-order valence-electron chi connectivity index (χ3n) is 4.65. The molecule has 0 N–H and O–H groups in total. The smallest absolute Gasteiger partial charge is 0.266 e. The van der Waals surface area contributed by atoms with E-state index in [1.165, 1.54) is 20.9 Å². The van der Waals surface area contributed by atoms with Crippen LogP contribution < -0.4 is 0 Å². The second-order valence-electron chi connectivity index (χ2n) is 6.51. The number of thioether (sulfide) groups is 1. The number of likely N-dealkylation sites (N-methyl/N-ethyl adjacent to an activating group) is 1. The second kappa shape index (κ2) is 8.22. The van der Waals surface area contributed by atoms with Crippen LogP contribution in [0.4, 0.5) is 0 Å². The largest absolute Gasteiger partial charge is 0.318 e. The Morgan fingerprint density at radius 3 is 2.56 bits per heavy atom. The van der Waals surface area contributed by atoms with Crippen molar-refractivity contribution in [3.05, 3.63) is 55.3 Å². The normalized spacial score (nSPS) is 17.6. The highest BCUT2D eigenvalue weighted by Crippen LogP contribution is 2.34. The van der Waals surface area contributed by atoms with Crippen LogP contribution in [0.15, 0.2) is 34.2 Å². The van der Waals surface area contributed by atoms with Crippen molar-refractivity contribution in [3.8, 4) is 5.69 Å². The fourth-order valence-electron chi connectivity index (χ4n) is 3.28. The maximum Gasteiger partial charge on any atom is 0.266 e. The third kappa shape index (κ3) is 3.87. The molecule has 0 unspecified atom stereocenters. The number of carbonyl (C=O) groups is 1. The van der Waals surface area contributed by atoms with Gasteiger partial charge in [-0.05, 0) is 110 Å². The number of benzene rings is 1. The molecule has 3 rings (SSSR count). The van der Waals surface area contributed by atoms with Gasteiger partial charge in [-0.15, -0.1) is 0 Å². The first-order valence-corrected chi connectivity index (χ1v) is 11.0. The molecule has 1 saturated heterocycles. The molecule has 27 heavy (non-hydrogen) atoms. The van der Waals surface area contributed by atoms with Crippen LogP contribution in [-0.2, 0) is 4.79 Å². The highest BCUT2D eigenvalue weighted by Gasteiger charge is 2.32. The first kappa shape index (κ1) is 20.2. The number of carbonyl (C=O) groups excluding carboxylic acids is 1. The molecular weight excluding hydrogens is 469 g/mol. The molecule has 4 nitrogen and oxygen atoms in total. The quantitative estimate of drug-likeness (QED) is 0.427. The summed E-state index contributed by atoms with van der Waals surface area (Å²) in [6.07, 6.45) is 2.01. The van der Waals surface area contributed by atoms with E-state index in [1.807, 2.05) is 19.9 Å². The van der Waals surface area contributed by atoms with Crippen LogP contribution in [0, 0.1) is 24.3 Å². The highest BCUT2D eigenvalue weighted by molar-refractivity contribution is 14.1. The molecule has 0 radical (unpaired) electrons. The van der Waals surface area contributed by atoms with Crippen LogP contribution in [0.5, 0.6) is 0 Å². The average molecular weight is 493 g/mol.